The Morgan fingerprint density at radius 1 is 0.824 bits per heavy atom. The Hall–Kier alpha value is -0.130. The fourth-order valence-corrected chi connectivity index (χ4v) is 2.82. The summed E-state index contributed by atoms with van der Waals surface area (Å²) in [5, 5.41) is 0. The van der Waals surface area contributed by atoms with Gasteiger partial charge in [-0.15, -0.1) is 0 Å². The molecule has 5 heteroatoms. The third-order valence-electron chi connectivity index (χ3n) is 2.64. The molecule has 0 bridgehead atoms. The zero-order valence-corrected chi connectivity index (χ0v) is 12.3. The van der Waals surface area contributed by atoms with Gasteiger partial charge in [0.05, 0.1) is 12.2 Å². The van der Waals surface area contributed by atoms with E-state index >= 15 is 0 Å². The van der Waals surface area contributed by atoms with Gasteiger partial charge in [0.15, 0.2) is 0 Å². The van der Waals surface area contributed by atoms with Crippen LogP contribution in [0.1, 0.15) is 66.2 Å². The molecule has 0 aromatic heterocycles. The van der Waals surface area contributed by atoms with E-state index in [4.69, 9.17) is 8.37 Å². The Morgan fingerprint density at radius 3 is 1.41 bits per heavy atom. The summed E-state index contributed by atoms with van der Waals surface area (Å²) in [6.45, 7) is 7.84. The molecule has 0 amide bonds. The first-order valence-corrected chi connectivity index (χ1v) is 7.93. The highest BCUT2D eigenvalue weighted by atomic mass is 32.3. The molecule has 0 spiro atoms. The maximum absolute atomic E-state index is 11.7. The van der Waals surface area contributed by atoms with E-state index in [2.05, 4.69) is 0 Å². The Balaban J connectivity index is 4.35. The van der Waals surface area contributed by atoms with Gasteiger partial charge in [-0.1, -0.05) is 40.5 Å². The van der Waals surface area contributed by atoms with Crippen molar-refractivity contribution >= 4 is 10.4 Å². The highest BCUT2D eigenvalue weighted by molar-refractivity contribution is 7.81. The van der Waals surface area contributed by atoms with E-state index in [0.717, 1.165) is 25.7 Å². The van der Waals surface area contributed by atoms with Crippen LogP contribution < -0.4 is 0 Å². The van der Waals surface area contributed by atoms with Crippen LogP contribution in [0.5, 0.6) is 0 Å². The zero-order valence-electron chi connectivity index (χ0n) is 11.4. The van der Waals surface area contributed by atoms with E-state index in [0.29, 0.717) is 12.8 Å². The van der Waals surface area contributed by atoms with Crippen molar-refractivity contribution in [3.8, 4) is 0 Å². The highest BCUT2D eigenvalue weighted by Crippen LogP contribution is 2.16. The van der Waals surface area contributed by atoms with Crippen LogP contribution in [0.15, 0.2) is 0 Å². The number of hydrogen-bond donors (Lipinski definition) is 0. The Kier molecular flexibility index (Phi) is 8.82. The standard InChI is InChI=1S/C12H26O4S/c1-5-9-11(7-3)15-17(13,14)16-12(8-4)10-6-2/h11-12H,5-10H2,1-4H3. The monoisotopic (exact) mass is 266 g/mol. The third kappa shape index (κ3) is 7.73. The van der Waals surface area contributed by atoms with E-state index in [1.54, 1.807) is 0 Å². The second-order valence-corrected chi connectivity index (χ2v) is 5.44. The lowest BCUT2D eigenvalue weighted by molar-refractivity contribution is 0.110. The largest absolute Gasteiger partial charge is 0.400 e. The van der Waals surface area contributed by atoms with Crippen molar-refractivity contribution in [2.75, 3.05) is 0 Å². The van der Waals surface area contributed by atoms with Gasteiger partial charge < -0.3 is 0 Å². The Labute approximate surface area is 106 Å². The van der Waals surface area contributed by atoms with Crippen LogP contribution >= 0.6 is 0 Å². The van der Waals surface area contributed by atoms with Gasteiger partial charge in [0, 0.05) is 0 Å². The Bertz CT molecular complexity index is 252. The van der Waals surface area contributed by atoms with Crippen molar-refractivity contribution in [3.05, 3.63) is 0 Å². The molecule has 0 aliphatic carbocycles. The summed E-state index contributed by atoms with van der Waals surface area (Å²) in [6.07, 6.45) is 4.13. The van der Waals surface area contributed by atoms with Gasteiger partial charge in [-0.25, -0.2) is 8.37 Å². The summed E-state index contributed by atoms with van der Waals surface area (Å²) in [6, 6.07) is 0. The summed E-state index contributed by atoms with van der Waals surface area (Å²) in [5.74, 6) is 0. The van der Waals surface area contributed by atoms with Crippen molar-refractivity contribution in [3.63, 3.8) is 0 Å². The van der Waals surface area contributed by atoms with Crippen molar-refractivity contribution in [1.82, 2.24) is 0 Å². The minimum atomic E-state index is -3.85. The fourth-order valence-electron chi connectivity index (χ4n) is 1.64. The van der Waals surface area contributed by atoms with Gasteiger partial charge in [0.25, 0.3) is 0 Å². The normalized spacial score (nSPS) is 15.8. The lowest BCUT2D eigenvalue weighted by atomic mass is 10.2. The van der Waals surface area contributed by atoms with Crippen LogP contribution in [-0.4, -0.2) is 20.6 Å². The van der Waals surface area contributed by atoms with Crippen molar-refractivity contribution in [2.24, 2.45) is 0 Å². The minimum absolute atomic E-state index is 0.260. The second-order valence-electron chi connectivity index (χ2n) is 4.24. The molecule has 0 aliphatic rings. The highest BCUT2D eigenvalue weighted by Gasteiger charge is 2.22. The number of rotatable bonds is 10. The molecule has 0 aromatic rings. The van der Waals surface area contributed by atoms with Crippen molar-refractivity contribution in [1.29, 1.82) is 0 Å². The molecule has 2 atom stereocenters. The molecule has 0 radical (unpaired) electrons. The van der Waals surface area contributed by atoms with Gasteiger partial charge >= 0.3 is 10.4 Å². The minimum Gasteiger partial charge on any atom is -0.245 e. The third-order valence-corrected chi connectivity index (χ3v) is 3.66. The molecule has 4 nitrogen and oxygen atoms in total. The lowest BCUT2D eigenvalue weighted by Crippen LogP contribution is -2.24. The predicted octanol–water partition coefficient (Wildman–Crippen LogP) is 3.42. The van der Waals surface area contributed by atoms with Crippen LogP contribution in [0.4, 0.5) is 0 Å². The van der Waals surface area contributed by atoms with E-state index in [-0.39, 0.29) is 12.2 Å². The number of hydrogen-bond acceptors (Lipinski definition) is 4. The molecule has 0 saturated carbocycles. The first-order valence-electron chi connectivity index (χ1n) is 6.60. The zero-order chi connectivity index (χ0) is 13.3. The van der Waals surface area contributed by atoms with Crippen molar-refractivity contribution in [2.45, 2.75) is 78.4 Å². The maximum atomic E-state index is 11.7. The quantitative estimate of drug-likeness (QED) is 0.608. The van der Waals surface area contributed by atoms with Gasteiger partial charge in [-0.05, 0) is 25.7 Å². The van der Waals surface area contributed by atoms with Crippen LogP contribution in [0.3, 0.4) is 0 Å². The van der Waals surface area contributed by atoms with Crippen molar-refractivity contribution < 1.29 is 16.8 Å². The molecule has 0 aromatic carbocycles. The van der Waals surface area contributed by atoms with E-state index in [1.807, 2.05) is 27.7 Å². The summed E-state index contributed by atoms with van der Waals surface area (Å²) in [4.78, 5) is 0. The molecular formula is C12H26O4S. The predicted molar refractivity (Wildman–Crippen MR) is 69.1 cm³/mol. The van der Waals surface area contributed by atoms with Gasteiger partial charge in [-0.3, -0.25) is 0 Å². The molecule has 0 saturated heterocycles. The topological polar surface area (TPSA) is 52.6 Å². The molecule has 104 valence electrons. The lowest BCUT2D eigenvalue weighted by Gasteiger charge is -2.18. The van der Waals surface area contributed by atoms with Gasteiger partial charge in [0.2, 0.25) is 0 Å². The second kappa shape index (κ2) is 8.89. The van der Waals surface area contributed by atoms with Gasteiger partial charge in [0.1, 0.15) is 0 Å². The Morgan fingerprint density at radius 2 is 1.18 bits per heavy atom. The smallest absolute Gasteiger partial charge is 0.245 e. The average molecular weight is 266 g/mol. The summed E-state index contributed by atoms with van der Waals surface area (Å²) in [7, 11) is -3.85. The summed E-state index contributed by atoms with van der Waals surface area (Å²) < 4.78 is 33.5. The molecule has 0 rings (SSSR count). The van der Waals surface area contributed by atoms with Crippen LogP contribution in [0.2, 0.25) is 0 Å². The molecule has 0 heterocycles. The summed E-state index contributed by atoms with van der Waals surface area (Å²) >= 11 is 0. The molecule has 2 unspecified atom stereocenters. The average Bonchev–Trinajstić information content (AvgIpc) is 2.27. The molecule has 17 heavy (non-hydrogen) atoms. The van der Waals surface area contributed by atoms with E-state index in [1.165, 1.54) is 0 Å². The van der Waals surface area contributed by atoms with Gasteiger partial charge in [-0.2, -0.15) is 8.42 Å². The first kappa shape index (κ1) is 16.9. The molecule has 0 fully saturated rings. The van der Waals surface area contributed by atoms with Crippen LogP contribution in [0, 0.1) is 0 Å². The van der Waals surface area contributed by atoms with E-state index in [9.17, 15) is 8.42 Å². The molecule has 0 aliphatic heterocycles. The SMILES string of the molecule is CCCC(CC)OS(=O)(=O)OC(CC)CCC. The molecule has 0 N–H and O–H groups in total. The first-order chi connectivity index (χ1) is 7.99. The van der Waals surface area contributed by atoms with Crippen LogP contribution in [0.25, 0.3) is 0 Å². The maximum Gasteiger partial charge on any atom is 0.400 e. The van der Waals surface area contributed by atoms with E-state index < -0.39 is 10.4 Å². The van der Waals surface area contributed by atoms with Crippen LogP contribution in [-0.2, 0) is 18.8 Å². The summed E-state index contributed by atoms with van der Waals surface area (Å²) in [5.41, 5.74) is 0. The molecular weight excluding hydrogens is 240 g/mol. The fraction of sp³-hybridized carbons (Fsp3) is 1.00.